The summed E-state index contributed by atoms with van der Waals surface area (Å²) in [5.41, 5.74) is 0. The van der Waals surface area contributed by atoms with Gasteiger partial charge in [-0.25, -0.2) is 0 Å². The van der Waals surface area contributed by atoms with Crippen LogP contribution in [-0.2, 0) is 0 Å². The first kappa shape index (κ1) is 17.9. The fourth-order valence-corrected chi connectivity index (χ4v) is 2.89. The molecule has 0 aromatic carbocycles. The number of piperidine rings is 1. The van der Waals surface area contributed by atoms with Crippen LogP contribution >= 0.6 is 0 Å². The molecule has 0 radical (unpaired) electrons. The predicted molar refractivity (Wildman–Crippen MR) is 96.2 cm³/mol. The van der Waals surface area contributed by atoms with Gasteiger partial charge >= 0.3 is 0 Å². The van der Waals surface area contributed by atoms with E-state index in [-0.39, 0.29) is 0 Å². The number of anilines is 2. The van der Waals surface area contributed by atoms with Gasteiger partial charge in [-0.2, -0.15) is 15.0 Å². The van der Waals surface area contributed by atoms with E-state index in [1.807, 2.05) is 19.0 Å². The summed E-state index contributed by atoms with van der Waals surface area (Å²) >= 11 is 0. The lowest BCUT2D eigenvalue weighted by Gasteiger charge is -2.33. The topological polar surface area (TPSA) is 57.2 Å². The van der Waals surface area contributed by atoms with E-state index < -0.39 is 0 Å². The molecule has 1 fully saturated rings. The molecule has 2 heterocycles. The summed E-state index contributed by atoms with van der Waals surface area (Å²) < 4.78 is 0. The van der Waals surface area contributed by atoms with Crippen LogP contribution in [0.4, 0.5) is 11.9 Å². The summed E-state index contributed by atoms with van der Waals surface area (Å²) in [6.45, 7) is 9.85. The number of aromatic nitrogens is 3. The van der Waals surface area contributed by atoms with E-state index in [0.717, 1.165) is 37.3 Å². The van der Waals surface area contributed by atoms with Crippen LogP contribution in [0.5, 0.6) is 0 Å². The Morgan fingerprint density at radius 1 is 1.22 bits per heavy atom. The van der Waals surface area contributed by atoms with Gasteiger partial charge in [0.25, 0.3) is 0 Å². The lowest BCUT2D eigenvalue weighted by atomic mass is 10.0. The van der Waals surface area contributed by atoms with Gasteiger partial charge in [-0.3, -0.25) is 0 Å². The molecule has 1 saturated heterocycles. The molecular formula is C17H32N6. The van der Waals surface area contributed by atoms with Gasteiger partial charge in [0.15, 0.2) is 0 Å². The Kier molecular flexibility index (Phi) is 6.57. The molecule has 0 saturated carbocycles. The summed E-state index contributed by atoms with van der Waals surface area (Å²) in [7, 11) is 3.92. The number of nitrogens with zero attached hydrogens (tertiary/aromatic N) is 5. The number of hydrogen-bond acceptors (Lipinski definition) is 6. The highest BCUT2D eigenvalue weighted by Crippen LogP contribution is 2.17. The molecule has 0 aliphatic carbocycles. The lowest BCUT2D eigenvalue weighted by Crippen LogP contribution is -2.38. The summed E-state index contributed by atoms with van der Waals surface area (Å²) in [4.78, 5) is 18.1. The minimum absolute atomic E-state index is 0.298. The van der Waals surface area contributed by atoms with Crippen LogP contribution in [0.15, 0.2) is 0 Å². The van der Waals surface area contributed by atoms with Crippen LogP contribution in [-0.4, -0.2) is 59.6 Å². The van der Waals surface area contributed by atoms with Crippen molar-refractivity contribution in [2.45, 2.75) is 58.4 Å². The van der Waals surface area contributed by atoms with Gasteiger partial charge < -0.3 is 15.1 Å². The van der Waals surface area contributed by atoms with Crippen LogP contribution in [0.3, 0.4) is 0 Å². The highest BCUT2D eigenvalue weighted by atomic mass is 15.3. The lowest BCUT2D eigenvalue weighted by molar-refractivity contribution is 0.160. The molecule has 1 unspecified atom stereocenters. The minimum atomic E-state index is 0.298. The highest BCUT2D eigenvalue weighted by molar-refractivity contribution is 5.36. The Bertz CT molecular complexity index is 462. The van der Waals surface area contributed by atoms with Gasteiger partial charge in [0, 0.05) is 39.1 Å². The van der Waals surface area contributed by atoms with Crippen LogP contribution < -0.4 is 10.2 Å². The highest BCUT2D eigenvalue weighted by Gasteiger charge is 2.17. The largest absolute Gasteiger partial charge is 0.354 e. The number of hydrogen-bond donors (Lipinski definition) is 1. The monoisotopic (exact) mass is 320 g/mol. The summed E-state index contributed by atoms with van der Waals surface area (Å²) in [5.74, 6) is 2.55. The molecule has 0 bridgehead atoms. The number of nitrogens with one attached hydrogen (secondary N) is 1. The fraction of sp³-hybridized carbons (Fsp3) is 0.824. The standard InChI is InChI=1S/C17H32N6/c1-13(2)15-19-16(21-17(20-15)22(4)5)18-10-8-12-23-11-7-6-9-14(23)3/h13-14H,6-12H2,1-5H3,(H,18,19,20,21). The van der Waals surface area contributed by atoms with Crippen molar-refractivity contribution in [1.82, 2.24) is 19.9 Å². The molecule has 2 rings (SSSR count). The second-order valence-electron chi connectivity index (χ2n) is 7.03. The summed E-state index contributed by atoms with van der Waals surface area (Å²) in [6, 6.07) is 0.730. The second-order valence-corrected chi connectivity index (χ2v) is 7.03. The van der Waals surface area contributed by atoms with Crippen molar-refractivity contribution >= 4 is 11.9 Å². The van der Waals surface area contributed by atoms with Crippen LogP contribution in [0.1, 0.15) is 58.2 Å². The van der Waals surface area contributed by atoms with E-state index in [9.17, 15) is 0 Å². The minimum Gasteiger partial charge on any atom is -0.354 e. The van der Waals surface area contributed by atoms with E-state index in [0.29, 0.717) is 11.9 Å². The third kappa shape index (κ3) is 5.30. The molecule has 1 aliphatic rings. The Morgan fingerprint density at radius 2 is 2.00 bits per heavy atom. The first-order valence-electron chi connectivity index (χ1n) is 8.88. The third-order valence-corrected chi connectivity index (χ3v) is 4.40. The second kappa shape index (κ2) is 8.43. The van der Waals surface area contributed by atoms with Gasteiger partial charge in [0.05, 0.1) is 0 Å². The van der Waals surface area contributed by atoms with E-state index in [1.54, 1.807) is 0 Å². The van der Waals surface area contributed by atoms with Crippen LogP contribution in [0.25, 0.3) is 0 Å². The fourth-order valence-electron chi connectivity index (χ4n) is 2.89. The zero-order valence-electron chi connectivity index (χ0n) is 15.3. The SMILES string of the molecule is CC(C)c1nc(NCCCN2CCCCC2C)nc(N(C)C)n1. The zero-order chi connectivity index (χ0) is 16.8. The maximum absolute atomic E-state index is 4.54. The first-order valence-corrected chi connectivity index (χ1v) is 8.88. The van der Waals surface area contributed by atoms with Crippen molar-refractivity contribution in [2.75, 3.05) is 43.9 Å². The van der Waals surface area contributed by atoms with Crippen LogP contribution in [0.2, 0.25) is 0 Å². The Balaban J connectivity index is 1.87. The molecule has 6 nitrogen and oxygen atoms in total. The third-order valence-electron chi connectivity index (χ3n) is 4.40. The molecule has 1 aromatic heterocycles. The average Bonchev–Trinajstić information content (AvgIpc) is 2.52. The van der Waals surface area contributed by atoms with E-state index in [4.69, 9.17) is 0 Å². The molecule has 130 valence electrons. The van der Waals surface area contributed by atoms with Gasteiger partial charge in [-0.05, 0) is 32.7 Å². The predicted octanol–water partition coefficient (Wildman–Crippen LogP) is 2.74. The Labute approximate surface area is 140 Å². The molecule has 0 amide bonds. The van der Waals surface area contributed by atoms with E-state index in [1.165, 1.54) is 25.8 Å². The smallest absolute Gasteiger partial charge is 0.229 e. The number of rotatable bonds is 7. The molecule has 23 heavy (non-hydrogen) atoms. The van der Waals surface area contributed by atoms with Crippen molar-refractivity contribution in [3.05, 3.63) is 5.82 Å². The molecular weight excluding hydrogens is 288 g/mol. The van der Waals surface area contributed by atoms with Crippen molar-refractivity contribution < 1.29 is 0 Å². The molecule has 1 atom stereocenters. The summed E-state index contributed by atoms with van der Waals surface area (Å²) in [6.07, 6.45) is 5.18. The molecule has 1 aromatic rings. The van der Waals surface area contributed by atoms with Crippen molar-refractivity contribution in [3.8, 4) is 0 Å². The van der Waals surface area contributed by atoms with Crippen LogP contribution in [0, 0.1) is 0 Å². The zero-order valence-corrected chi connectivity index (χ0v) is 15.3. The van der Waals surface area contributed by atoms with Gasteiger partial charge in [0.1, 0.15) is 5.82 Å². The molecule has 1 aliphatic heterocycles. The van der Waals surface area contributed by atoms with Gasteiger partial charge in [0.2, 0.25) is 11.9 Å². The van der Waals surface area contributed by atoms with E-state index >= 15 is 0 Å². The first-order chi connectivity index (χ1) is 11.0. The summed E-state index contributed by atoms with van der Waals surface area (Å²) in [5, 5.41) is 3.37. The van der Waals surface area contributed by atoms with Gasteiger partial charge in [-0.1, -0.05) is 20.3 Å². The maximum atomic E-state index is 4.54. The normalized spacial score (nSPS) is 19.1. The number of likely N-dealkylation sites (tertiary alicyclic amines) is 1. The van der Waals surface area contributed by atoms with Crippen molar-refractivity contribution in [3.63, 3.8) is 0 Å². The molecule has 6 heteroatoms. The molecule has 0 spiro atoms. The Hall–Kier alpha value is -1.43. The van der Waals surface area contributed by atoms with Crippen molar-refractivity contribution in [2.24, 2.45) is 0 Å². The van der Waals surface area contributed by atoms with E-state index in [2.05, 4.69) is 45.9 Å². The van der Waals surface area contributed by atoms with Crippen molar-refractivity contribution in [1.29, 1.82) is 0 Å². The van der Waals surface area contributed by atoms with Gasteiger partial charge in [-0.15, -0.1) is 0 Å². The Morgan fingerprint density at radius 3 is 2.65 bits per heavy atom. The quantitative estimate of drug-likeness (QED) is 0.780. The molecule has 1 N–H and O–H groups in total. The average molecular weight is 320 g/mol. The maximum Gasteiger partial charge on any atom is 0.229 e.